The maximum absolute atomic E-state index is 13.4. The van der Waals surface area contributed by atoms with Gasteiger partial charge in [-0.1, -0.05) is 18.2 Å². The fraction of sp³-hybridized carbons (Fsp3) is 0.192. The van der Waals surface area contributed by atoms with Crippen LogP contribution in [-0.2, 0) is 22.6 Å². The smallest absolute Gasteiger partial charge is 0.296 e. The highest BCUT2D eigenvalue weighted by Crippen LogP contribution is 2.40. The molecular formula is C26H21FN2O4. The topological polar surface area (TPSA) is 79.7 Å². The van der Waals surface area contributed by atoms with Gasteiger partial charge in [0.2, 0.25) is 0 Å². The van der Waals surface area contributed by atoms with E-state index >= 15 is 0 Å². The number of amides is 1. The lowest BCUT2D eigenvalue weighted by Gasteiger charge is -2.24. The first-order chi connectivity index (χ1) is 15.9. The third-order valence-corrected chi connectivity index (χ3v) is 5.94. The Morgan fingerprint density at radius 3 is 2.67 bits per heavy atom. The standard InChI is InChI=1S/C26H21FN2O4/c1-15-12-18-13-17(7-10-21(18)33-15)24(30)22-23(20-4-2-3-11-28-20)29(26(32)25(22)31)14-16-5-8-19(27)9-6-16/h2-11,13,15,23,30H,12,14H2,1H3/b24-22-. The van der Waals surface area contributed by atoms with Gasteiger partial charge >= 0.3 is 0 Å². The highest BCUT2D eigenvalue weighted by atomic mass is 19.1. The number of pyridine rings is 1. The van der Waals surface area contributed by atoms with Crippen molar-refractivity contribution in [2.24, 2.45) is 0 Å². The molecule has 0 spiro atoms. The second-order valence-electron chi connectivity index (χ2n) is 8.26. The predicted octanol–water partition coefficient (Wildman–Crippen LogP) is 4.17. The summed E-state index contributed by atoms with van der Waals surface area (Å²) in [5.74, 6) is -1.42. The zero-order valence-electron chi connectivity index (χ0n) is 17.9. The van der Waals surface area contributed by atoms with E-state index in [1.807, 2.05) is 6.92 Å². The summed E-state index contributed by atoms with van der Waals surface area (Å²) in [6, 6.07) is 15.3. The Bertz CT molecular complexity index is 1270. The Labute approximate surface area is 190 Å². The van der Waals surface area contributed by atoms with Gasteiger partial charge in [-0.05, 0) is 60.5 Å². The molecule has 1 saturated heterocycles. The monoisotopic (exact) mass is 444 g/mol. The molecule has 6 nitrogen and oxygen atoms in total. The Kier molecular flexibility index (Phi) is 5.17. The molecule has 2 aliphatic heterocycles. The van der Waals surface area contributed by atoms with Crippen molar-refractivity contribution < 1.29 is 23.8 Å². The van der Waals surface area contributed by atoms with E-state index in [2.05, 4.69) is 4.98 Å². The number of halogens is 1. The number of aliphatic hydroxyl groups excluding tert-OH is 1. The van der Waals surface area contributed by atoms with Crippen molar-refractivity contribution in [3.05, 3.63) is 101 Å². The summed E-state index contributed by atoms with van der Waals surface area (Å²) < 4.78 is 19.1. The molecule has 33 heavy (non-hydrogen) atoms. The highest BCUT2D eigenvalue weighted by molar-refractivity contribution is 6.46. The van der Waals surface area contributed by atoms with Gasteiger partial charge < -0.3 is 14.7 Å². The Morgan fingerprint density at radius 2 is 1.94 bits per heavy atom. The maximum Gasteiger partial charge on any atom is 0.296 e. The molecule has 7 heteroatoms. The molecule has 2 unspecified atom stereocenters. The largest absolute Gasteiger partial charge is 0.507 e. The lowest BCUT2D eigenvalue weighted by molar-refractivity contribution is -0.140. The first kappa shape index (κ1) is 20.9. The van der Waals surface area contributed by atoms with Crippen LogP contribution in [0.5, 0.6) is 5.75 Å². The van der Waals surface area contributed by atoms with Crippen molar-refractivity contribution in [2.45, 2.75) is 32.0 Å². The van der Waals surface area contributed by atoms with Gasteiger partial charge in [0.15, 0.2) is 0 Å². The van der Waals surface area contributed by atoms with Gasteiger partial charge in [-0.2, -0.15) is 0 Å². The number of benzene rings is 2. The van der Waals surface area contributed by atoms with Crippen LogP contribution in [0.3, 0.4) is 0 Å². The molecule has 2 atom stereocenters. The van der Waals surface area contributed by atoms with Gasteiger partial charge in [0.25, 0.3) is 11.7 Å². The summed E-state index contributed by atoms with van der Waals surface area (Å²) in [6.07, 6.45) is 2.30. The van der Waals surface area contributed by atoms with Gasteiger partial charge in [-0.25, -0.2) is 4.39 Å². The Hall–Kier alpha value is -4.00. The van der Waals surface area contributed by atoms with Crippen LogP contribution in [0.2, 0.25) is 0 Å². The molecule has 3 heterocycles. The summed E-state index contributed by atoms with van der Waals surface area (Å²) in [7, 11) is 0. The van der Waals surface area contributed by atoms with Crippen LogP contribution in [0.25, 0.3) is 5.76 Å². The molecule has 2 aromatic carbocycles. The zero-order valence-corrected chi connectivity index (χ0v) is 17.9. The van der Waals surface area contributed by atoms with Gasteiger partial charge in [0, 0.05) is 24.7 Å². The molecule has 1 amide bonds. The molecule has 5 rings (SSSR count). The maximum atomic E-state index is 13.4. The van der Waals surface area contributed by atoms with Crippen molar-refractivity contribution in [3.8, 4) is 5.75 Å². The summed E-state index contributed by atoms with van der Waals surface area (Å²) in [4.78, 5) is 31.9. The number of hydrogen-bond donors (Lipinski definition) is 1. The minimum Gasteiger partial charge on any atom is -0.507 e. The van der Waals surface area contributed by atoms with Crippen molar-refractivity contribution in [1.82, 2.24) is 9.88 Å². The lowest BCUT2D eigenvalue weighted by Crippen LogP contribution is -2.29. The van der Waals surface area contributed by atoms with Crippen LogP contribution in [0, 0.1) is 5.82 Å². The van der Waals surface area contributed by atoms with Gasteiger partial charge in [0.05, 0.1) is 11.3 Å². The van der Waals surface area contributed by atoms with E-state index in [4.69, 9.17) is 4.74 Å². The normalized spacial score (nSPS) is 21.2. The number of aromatic nitrogens is 1. The number of fused-ring (bicyclic) bond motifs is 1. The van der Waals surface area contributed by atoms with Crippen LogP contribution in [0.15, 0.2) is 72.4 Å². The third-order valence-electron chi connectivity index (χ3n) is 5.94. The van der Waals surface area contributed by atoms with E-state index < -0.39 is 23.5 Å². The van der Waals surface area contributed by atoms with E-state index in [0.717, 1.165) is 11.3 Å². The summed E-state index contributed by atoms with van der Waals surface area (Å²) in [5, 5.41) is 11.2. The number of ether oxygens (including phenoxy) is 1. The number of carbonyl (C=O) groups is 2. The van der Waals surface area contributed by atoms with E-state index in [0.29, 0.717) is 23.2 Å². The highest BCUT2D eigenvalue weighted by Gasteiger charge is 2.46. The molecule has 1 N–H and O–H groups in total. The number of aliphatic hydroxyl groups is 1. The summed E-state index contributed by atoms with van der Waals surface area (Å²) >= 11 is 0. The number of rotatable bonds is 4. The number of carbonyl (C=O) groups excluding carboxylic acids is 2. The first-order valence-corrected chi connectivity index (χ1v) is 10.7. The average Bonchev–Trinajstić information content (AvgIpc) is 3.31. The molecule has 3 aromatic rings. The molecule has 0 saturated carbocycles. The third kappa shape index (κ3) is 3.75. The molecule has 1 fully saturated rings. The second kappa shape index (κ2) is 8.16. The molecule has 0 radical (unpaired) electrons. The quantitative estimate of drug-likeness (QED) is 0.371. The fourth-order valence-electron chi connectivity index (χ4n) is 4.40. The molecule has 2 aliphatic rings. The number of hydrogen-bond acceptors (Lipinski definition) is 5. The van der Waals surface area contributed by atoms with Crippen LogP contribution >= 0.6 is 0 Å². The number of Topliss-reactive ketones (excluding diaryl/α,β-unsaturated/α-hetero) is 1. The Morgan fingerprint density at radius 1 is 1.15 bits per heavy atom. The Balaban J connectivity index is 1.61. The molecule has 0 bridgehead atoms. The SMILES string of the molecule is CC1Cc2cc(/C(O)=C3/C(=O)C(=O)N(Cc4ccc(F)cc4)C3c3ccccn3)ccc2O1. The van der Waals surface area contributed by atoms with E-state index in [9.17, 15) is 19.1 Å². The van der Waals surface area contributed by atoms with Gasteiger partial charge in [-0.3, -0.25) is 14.6 Å². The van der Waals surface area contributed by atoms with Crippen LogP contribution in [0.1, 0.15) is 35.3 Å². The molecule has 166 valence electrons. The summed E-state index contributed by atoms with van der Waals surface area (Å²) in [5.41, 5.74) is 2.46. The number of nitrogens with zero attached hydrogens (tertiary/aromatic N) is 2. The molecular weight excluding hydrogens is 423 g/mol. The minimum atomic E-state index is -0.875. The second-order valence-corrected chi connectivity index (χ2v) is 8.26. The van der Waals surface area contributed by atoms with Crippen LogP contribution in [0.4, 0.5) is 4.39 Å². The average molecular weight is 444 g/mol. The van der Waals surface area contributed by atoms with Crippen LogP contribution in [-0.4, -0.2) is 32.8 Å². The van der Waals surface area contributed by atoms with Gasteiger partial charge in [-0.15, -0.1) is 0 Å². The minimum absolute atomic E-state index is 0.0206. The molecule has 1 aromatic heterocycles. The van der Waals surface area contributed by atoms with Crippen molar-refractivity contribution in [3.63, 3.8) is 0 Å². The number of ketones is 1. The van der Waals surface area contributed by atoms with E-state index in [1.54, 1.807) is 54.7 Å². The van der Waals surface area contributed by atoms with Crippen molar-refractivity contribution >= 4 is 17.4 Å². The van der Waals surface area contributed by atoms with Gasteiger partial charge in [0.1, 0.15) is 29.5 Å². The predicted molar refractivity (Wildman–Crippen MR) is 119 cm³/mol. The molecule has 0 aliphatic carbocycles. The summed E-state index contributed by atoms with van der Waals surface area (Å²) in [6.45, 7) is 2.03. The van der Waals surface area contributed by atoms with E-state index in [-0.39, 0.29) is 24.0 Å². The van der Waals surface area contributed by atoms with Crippen molar-refractivity contribution in [2.75, 3.05) is 0 Å². The van der Waals surface area contributed by atoms with Crippen molar-refractivity contribution in [1.29, 1.82) is 0 Å². The lowest BCUT2D eigenvalue weighted by atomic mass is 9.97. The fourth-order valence-corrected chi connectivity index (χ4v) is 4.40. The number of likely N-dealkylation sites (tertiary alicyclic amines) is 1. The zero-order chi connectivity index (χ0) is 23.1. The van der Waals surface area contributed by atoms with Crippen LogP contribution < -0.4 is 4.74 Å². The first-order valence-electron chi connectivity index (χ1n) is 10.7. The van der Waals surface area contributed by atoms with E-state index in [1.165, 1.54) is 17.0 Å².